The summed E-state index contributed by atoms with van der Waals surface area (Å²) in [5, 5.41) is 3.77. The lowest BCUT2D eigenvalue weighted by Gasteiger charge is -2.15. The van der Waals surface area contributed by atoms with E-state index in [1.807, 2.05) is 12.1 Å². The van der Waals surface area contributed by atoms with Crippen LogP contribution in [0.5, 0.6) is 11.5 Å². The van der Waals surface area contributed by atoms with Gasteiger partial charge in [-0.15, -0.1) is 0 Å². The number of aromatic nitrogens is 3. The lowest BCUT2D eigenvalue weighted by atomic mass is 10.1. The minimum atomic E-state index is -0.616. The fourth-order valence-electron chi connectivity index (χ4n) is 3.47. The molecule has 0 spiro atoms. The van der Waals surface area contributed by atoms with Crippen molar-refractivity contribution in [1.82, 2.24) is 14.5 Å². The first-order valence-corrected chi connectivity index (χ1v) is 11.9. The van der Waals surface area contributed by atoms with Gasteiger partial charge in [0.1, 0.15) is 23.0 Å². The number of anilines is 2. The van der Waals surface area contributed by atoms with Crippen LogP contribution in [0.25, 0.3) is 0 Å². The van der Waals surface area contributed by atoms with Crippen LogP contribution in [-0.2, 0) is 17.8 Å². The maximum Gasteiger partial charge on any atom is 0.267 e. The topological polar surface area (TPSA) is 129 Å². The zero-order valence-electron chi connectivity index (χ0n) is 20.0. The number of Topliss-reactive ketones (excluding diaryl/α,β-unsaturated/α-hetero) is 1. The first kappa shape index (κ1) is 25.6. The largest absolute Gasteiger partial charge is 0.456 e. The van der Waals surface area contributed by atoms with Gasteiger partial charge >= 0.3 is 0 Å². The third kappa shape index (κ3) is 6.59. The molecule has 0 aliphatic heterocycles. The molecular weight excluding hydrogens is 494 g/mol. The normalized spacial score (nSPS) is 10.6. The van der Waals surface area contributed by atoms with E-state index in [0.717, 1.165) is 5.56 Å². The Morgan fingerprint density at radius 3 is 2.30 bits per heavy atom. The van der Waals surface area contributed by atoms with Gasteiger partial charge in [0.25, 0.3) is 11.5 Å². The van der Waals surface area contributed by atoms with Crippen LogP contribution in [0.2, 0.25) is 5.02 Å². The Labute approximate surface area is 217 Å². The predicted molar refractivity (Wildman–Crippen MR) is 141 cm³/mol. The zero-order chi connectivity index (χ0) is 26.4. The number of pyridine rings is 1. The maximum absolute atomic E-state index is 13.3. The van der Waals surface area contributed by atoms with Crippen molar-refractivity contribution < 1.29 is 14.3 Å². The van der Waals surface area contributed by atoms with Crippen molar-refractivity contribution in [2.75, 3.05) is 5.32 Å². The standard InChI is InChI=1S/C27H24ClN5O4/c1-2-21(34)13-18-14-31-27(33(26(18)36)16-17-3-5-19(28)6-4-17)32-20-7-9-22(10-8-20)37-23-11-12-24(25(29)35)30-15-23/h3-12,14-15H,2,13,16H2,1H3,(H2,29,35)(H,31,32). The van der Waals surface area contributed by atoms with Gasteiger partial charge in [-0.1, -0.05) is 30.7 Å². The minimum Gasteiger partial charge on any atom is -0.456 e. The Bertz CT molecular complexity index is 1470. The van der Waals surface area contributed by atoms with Crippen molar-refractivity contribution in [2.45, 2.75) is 26.3 Å². The van der Waals surface area contributed by atoms with Crippen molar-refractivity contribution in [1.29, 1.82) is 0 Å². The highest BCUT2D eigenvalue weighted by atomic mass is 35.5. The van der Waals surface area contributed by atoms with Gasteiger partial charge in [0.15, 0.2) is 0 Å². The van der Waals surface area contributed by atoms with E-state index in [9.17, 15) is 14.4 Å². The van der Waals surface area contributed by atoms with Crippen LogP contribution in [-0.4, -0.2) is 26.2 Å². The van der Waals surface area contributed by atoms with Crippen molar-refractivity contribution in [2.24, 2.45) is 5.73 Å². The summed E-state index contributed by atoms with van der Waals surface area (Å²) in [4.78, 5) is 44.8. The molecule has 2 aromatic carbocycles. The third-order valence-corrected chi connectivity index (χ3v) is 5.74. The van der Waals surface area contributed by atoms with Crippen LogP contribution in [0.4, 0.5) is 11.6 Å². The fourth-order valence-corrected chi connectivity index (χ4v) is 3.59. The second-order valence-electron chi connectivity index (χ2n) is 8.19. The van der Waals surface area contributed by atoms with Gasteiger partial charge in [-0.3, -0.25) is 19.0 Å². The van der Waals surface area contributed by atoms with E-state index in [1.165, 1.54) is 23.0 Å². The third-order valence-electron chi connectivity index (χ3n) is 5.49. The van der Waals surface area contributed by atoms with Crippen LogP contribution in [0.15, 0.2) is 77.9 Å². The van der Waals surface area contributed by atoms with E-state index >= 15 is 0 Å². The number of hydrogen-bond acceptors (Lipinski definition) is 7. The van der Waals surface area contributed by atoms with E-state index in [2.05, 4.69) is 15.3 Å². The van der Waals surface area contributed by atoms with Crippen molar-refractivity contribution >= 4 is 34.9 Å². The summed E-state index contributed by atoms with van der Waals surface area (Å²) in [5.74, 6) is 0.663. The average molecular weight is 518 g/mol. The fraction of sp³-hybridized carbons (Fsp3) is 0.148. The molecule has 4 aromatic rings. The van der Waals surface area contributed by atoms with Gasteiger partial charge in [-0.25, -0.2) is 9.97 Å². The molecule has 10 heteroatoms. The molecule has 188 valence electrons. The monoisotopic (exact) mass is 517 g/mol. The second-order valence-corrected chi connectivity index (χ2v) is 8.63. The molecule has 37 heavy (non-hydrogen) atoms. The average Bonchev–Trinajstić information content (AvgIpc) is 2.90. The summed E-state index contributed by atoms with van der Waals surface area (Å²) in [5.41, 5.74) is 6.93. The lowest BCUT2D eigenvalue weighted by molar-refractivity contribution is -0.118. The van der Waals surface area contributed by atoms with E-state index in [1.54, 1.807) is 49.4 Å². The number of halogens is 1. The summed E-state index contributed by atoms with van der Waals surface area (Å²) in [6.45, 7) is 2.01. The van der Waals surface area contributed by atoms with Crippen LogP contribution in [0.3, 0.4) is 0 Å². The molecule has 0 radical (unpaired) electrons. The maximum atomic E-state index is 13.3. The molecule has 0 aliphatic carbocycles. The Balaban J connectivity index is 1.56. The molecule has 3 N–H and O–H groups in total. The summed E-state index contributed by atoms with van der Waals surface area (Å²) in [6, 6.07) is 17.3. The Kier molecular flexibility index (Phi) is 7.95. The summed E-state index contributed by atoms with van der Waals surface area (Å²) >= 11 is 6.00. The van der Waals surface area contributed by atoms with E-state index < -0.39 is 5.91 Å². The number of ketones is 1. The number of carbonyl (C=O) groups is 2. The van der Waals surface area contributed by atoms with Crippen LogP contribution in [0.1, 0.15) is 35.0 Å². The highest BCUT2D eigenvalue weighted by Crippen LogP contribution is 2.24. The molecule has 2 aromatic heterocycles. The molecule has 1 amide bonds. The number of ether oxygens (including phenoxy) is 1. The highest BCUT2D eigenvalue weighted by molar-refractivity contribution is 6.30. The number of carbonyl (C=O) groups excluding carboxylic acids is 2. The summed E-state index contributed by atoms with van der Waals surface area (Å²) in [6.07, 6.45) is 3.23. The molecule has 9 nitrogen and oxygen atoms in total. The summed E-state index contributed by atoms with van der Waals surface area (Å²) < 4.78 is 7.26. The van der Waals surface area contributed by atoms with E-state index in [-0.39, 0.29) is 30.0 Å². The molecule has 0 aliphatic rings. The Hall–Kier alpha value is -4.50. The van der Waals surface area contributed by atoms with Crippen LogP contribution >= 0.6 is 11.6 Å². The Morgan fingerprint density at radius 1 is 0.973 bits per heavy atom. The summed E-state index contributed by atoms with van der Waals surface area (Å²) in [7, 11) is 0. The van der Waals surface area contributed by atoms with Gasteiger partial charge in [-0.2, -0.15) is 0 Å². The van der Waals surface area contributed by atoms with E-state index in [0.29, 0.717) is 40.1 Å². The molecule has 0 fully saturated rings. The van der Waals surface area contributed by atoms with Crippen molar-refractivity contribution in [3.8, 4) is 11.5 Å². The number of hydrogen-bond donors (Lipinski definition) is 2. The molecule has 4 rings (SSSR count). The molecule has 0 saturated carbocycles. The van der Waals surface area contributed by atoms with Gasteiger partial charge in [0.2, 0.25) is 5.95 Å². The number of benzene rings is 2. The number of nitrogens with one attached hydrogen (secondary N) is 1. The van der Waals surface area contributed by atoms with E-state index in [4.69, 9.17) is 22.1 Å². The van der Waals surface area contributed by atoms with Gasteiger partial charge in [0, 0.05) is 35.3 Å². The second kappa shape index (κ2) is 11.5. The number of rotatable bonds is 10. The molecular formula is C27H24ClN5O4. The highest BCUT2D eigenvalue weighted by Gasteiger charge is 2.14. The molecule has 0 atom stereocenters. The predicted octanol–water partition coefficient (Wildman–Crippen LogP) is 4.50. The molecule has 2 heterocycles. The minimum absolute atomic E-state index is 0.0323. The molecule has 0 saturated heterocycles. The molecule has 0 bridgehead atoms. The number of nitrogens with zero attached hydrogens (tertiary/aromatic N) is 3. The van der Waals surface area contributed by atoms with Gasteiger partial charge in [0.05, 0.1) is 12.7 Å². The molecule has 0 unspecified atom stereocenters. The van der Waals surface area contributed by atoms with Gasteiger partial charge < -0.3 is 15.8 Å². The smallest absolute Gasteiger partial charge is 0.267 e. The first-order valence-electron chi connectivity index (χ1n) is 11.5. The van der Waals surface area contributed by atoms with Gasteiger partial charge in [-0.05, 0) is 54.1 Å². The number of nitrogens with two attached hydrogens (primary N) is 1. The van der Waals surface area contributed by atoms with Crippen LogP contribution < -0.4 is 21.3 Å². The van der Waals surface area contributed by atoms with Crippen molar-refractivity contribution in [3.63, 3.8) is 0 Å². The van der Waals surface area contributed by atoms with Crippen molar-refractivity contribution in [3.05, 3.63) is 105 Å². The SMILES string of the molecule is CCC(=O)Cc1cnc(Nc2ccc(Oc3ccc(C(N)=O)nc3)cc2)n(Cc2ccc(Cl)cc2)c1=O. The quantitative estimate of drug-likeness (QED) is 0.317. The van der Waals surface area contributed by atoms with Crippen LogP contribution in [0, 0.1) is 0 Å². The Morgan fingerprint density at radius 2 is 1.68 bits per heavy atom. The number of primary amides is 1. The first-order chi connectivity index (χ1) is 17.8. The number of amides is 1. The zero-order valence-corrected chi connectivity index (χ0v) is 20.7. The lowest BCUT2D eigenvalue weighted by Crippen LogP contribution is -2.28.